The third-order valence-electron chi connectivity index (χ3n) is 3.23. The molecule has 2 N–H and O–H groups in total. The molecular formula is C17H19FN2O4S. The zero-order chi connectivity index (χ0) is 18.4. The van der Waals surface area contributed by atoms with Crippen molar-refractivity contribution in [1.82, 2.24) is 0 Å². The second-order valence-electron chi connectivity index (χ2n) is 5.27. The van der Waals surface area contributed by atoms with Crippen molar-refractivity contribution in [2.24, 2.45) is 0 Å². The van der Waals surface area contributed by atoms with Crippen LogP contribution >= 0.6 is 0 Å². The molecule has 2 aromatic rings. The SMILES string of the molecule is CCOc1ccc(NCC(=O)Nc2ccc(F)cc2)c(S(C)(=O)=O)c1. The average Bonchev–Trinajstić information content (AvgIpc) is 2.55. The van der Waals surface area contributed by atoms with Gasteiger partial charge < -0.3 is 15.4 Å². The van der Waals surface area contributed by atoms with Crippen LogP contribution in [-0.2, 0) is 14.6 Å². The van der Waals surface area contributed by atoms with Gasteiger partial charge in [-0.05, 0) is 43.3 Å². The molecule has 0 saturated carbocycles. The van der Waals surface area contributed by atoms with Crippen LogP contribution in [0.4, 0.5) is 15.8 Å². The Hall–Kier alpha value is -2.61. The lowest BCUT2D eigenvalue weighted by atomic mass is 10.3. The van der Waals surface area contributed by atoms with Crippen LogP contribution in [-0.4, -0.2) is 33.7 Å². The summed E-state index contributed by atoms with van der Waals surface area (Å²) in [5.74, 6) is -0.354. The maximum absolute atomic E-state index is 12.8. The molecule has 25 heavy (non-hydrogen) atoms. The van der Waals surface area contributed by atoms with Crippen molar-refractivity contribution >= 4 is 27.1 Å². The molecule has 0 bridgehead atoms. The molecule has 0 saturated heterocycles. The van der Waals surface area contributed by atoms with Gasteiger partial charge in [-0.15, -0.1) is 0 Å². The van der Waals surface area contributed by atoms with Crippen molar-refractivity contribution in [3.63, 3.8) is 0 Å². The zero-order valence-corrected chi connectivity index (χ0v) is 14.7. The highest BCUT2D eigenvalue weighted by molar-refractivity contribution is 7.90. The number of amides is 1. The maximum Gasteiger partial charge on any atom is 0.243 e. The fourth-order valence-corrected chi connectivity index (χ4v) is 3.00. The molecule has 0 fully saturated rings. The van der Waals surface area contributed by atoms with Crippen molar-refractivity contribution in [2.45, 2.75) is 11.8 Å². The smallest absolute Gasteiger partial charge is 0.243 e. The Balaban J connectivity index is 2.08. The molecule has 2 aromatic carbocycles. The monoisotopic (exact) mass is 366 g/mol. The van der Waals surface area contributed by atoms with Crippen LogP contribution < -0.4 is 15.4 Å². The van der Waals surface area contributed by atoms with Crippen LogP contribution in [0.25, 0.3) is 0 Å². The lowest BCUT2D eigenvalue weighted by Crippen LogP contribution is -2.22. The van der Waals surface area contributed by atoms with E-state index in [2.05, 4.69) is 10.6 Å². The summed E-state index contributed by atoms with van der Waals surface area (Å²) in [5, 5.41) is 5.39. The number of carbonyl (C=O) groups excluding carboxylic acids is 1. The molecule has 1 amide bonds. The summed E-state index contributed by atoms with van der Waals surface area (Å²) in [5.41, 5.74) is 0.753. The number of benzene rings is 2. The Labute approximate surface area is 145 Å². The lowest BCUT2D eigenvalue weighted by molar-refractivity contribution is -0.114. The van der Waals surface area contributed by atoms with Gasteiger partial charge in [0, 0.05) is 18.0 Å². The van der Waals surface area contributed by atoms with Gasteiger partial charge in [-0.1, -0.05) is 0 Å². The van der Waals surface area contributed by atoms with Crippen molar-refractivity contribution in [1.29, 1.82) is 0 Å². The van der Waals surface area contributed by atoms with Gasteiger partial charge in [0.15, 0.2) is 9.84 Å². The van der Waals surface area contributed by atoms with Gasteiger partial charge in [0.2, 0.25) is 5.91 Å². The van der Waals surface area contributed by atoms with Gasteiger partial charge in [0.25, 0.3) is 0 Å². The molecular weight excluding hydrogens is 347 g/mol. The van der Waals surface area contributed by atoms with Crippen LogP contribution in [0.3, 0.4) is 0 Å². The normalized spacial score (nSPS) is 11.0. The molecule has 0 unspecified atom stereocenters. The molecule has 0 radical (unpaired) electrons. The van der Waals surface area contributed by atoms with Crippen molar-refractivity contribution < 1.29 is 22.3 Å². The van der Waals surface area contributed by atoms with Gasteiger partial charge in [-0.2, -0.15) is 0 Å². The zero-order valence-electron chi connectivity index (χ0n) is 13.9. The first-order valence-corrected chi connectivity index (χ1v) is 9.45. The van der Waals surface area contributed by atoms with Crippen LogP contribution in [0.15, 0.2) is 47.4 Å². The second kappa shape index (κ2) is 7.98. The van der Waals surface area contributed by atoms with Crippen LogP contribution in [0, 0.1) is 5.82 Å². The molecule has 134 valence electrons. The first-order valence-electron chi connectivity index (χ1n) is 7.56. The molecule has 6 nitrogen and oxygen atoms in total. The van der Waals surface area contributed by atoms with E-state index in [-0.39, 0.29) is 17.3 Å². The Kier molecular flexibility index (Phi) is 5.97. The topological polar surface area (TPSA) is 84.5 Å². The summed E-state index contributed by atoms with van der Waals surface area (Å²) in [6.07, 6.45) is 1.09. The van der Waals surface area contributed by atoms with E-state index in [1.807, 2.05) is 0 Å². The highest BCUT2D eigenvalue weighted by Gasteiger charge is 2.15. The standard InChI is InChI=1S/C17H19FN2O4S/c1-3-24-14-8-9-15(16(10-14)25(2,22)23)19-11-17(21)20-13-6-4-12(18)5-7-13/h4-10,19H,3,11H2,1-2H3,(H,20,21). The van der Waals surface area contributed by atoms with Crippen molar-refractivity contribution in [3.8, 4) is 5.75 Å². The van der Waals surface area contributed by atoms with Crippen LogP contribution in [0.5, 0.6) is 5.75 Å². The van der Waals surface area contributed by atoms with E-state index < -0.39 is 15.7 Å². The van der Waals surface area contributed by atoms with E-state index in [9.17, 15) is 17.6 Å². The van der Waals surface area contributed by atoms with Gasteiger partial charge in [0.1, 0.15) is 11.6 Å². The summed E-state index contributed by atoms with van der Waals surface area (Å²) in [4.78, 5) is 12.0. The van der Waals surface area contributed by atoms with E-state index in [0.29, 0.717) is 23.7 Å². The third kappa shape index (κ3) is 5.46. The van der Waals surface area contributed by atoms with E-state index in [1.165, 1.54) is 30.3 Å². The number of ether oxygens (including phenoxy) is 1. The number of rotatable bonds is 7. The van der Waals surface area contributed by atoms with Crippen molar-refractivity contribution in [2.75, 3.05) is 30.0 Å². The number of hydrogen-bond donors (Lipinski definition) is 2. The number of anilines is 2. The summed E-state index contributed by atoms with van der Waals surface area (Å²) in [7, 11) is -3.50. The minimum absolute atomic E-state index is 0.0491. The number of hydrogen-bond acceptors (Lipinski definition) is 5. The Morgan fingerprint density at radius 1 is 1.16 bits per heavy atom. The Morgan fingerprint density at radius 3 is 2.44 bits per heavy atom. The van der Waals surface area contributed by atoms with E-state index in [4.69, 9.17) is 4.74 Å². The highest BCUT2D eigenvalue weighted by atomic mass is 32.2. The minimum atomic E-state index is -3.50. The molecule has 0 aromatic heterocycles. The fraction of sp³-hybridized carbons (Fsp3) is 0.235. The molecule has 0 spiro atoms. The van der Waals surface area contributed by atoms with Gasteiger partial charge >= 0.3 is 0 Å². The molecule has 0 heterocycles. The predicted octanol–water partition coefficient (Wildman–Crippen LogP) is 2.68. The van der Waals surface area contributed by atoms with E-state index in [0.717, 1.165) is 6.26 Å². The quantitative estimate of drug-likeness (QED) is 0.787. The molecule has 2 rings (SSSR count). The predicted molar refractivity (Wildman–Crippen MR) is 94.2 cm³/mol. The highest BCUT2D eigenvalue weighted by Crippen LogP contribution is 2.26. The van der Waals surface area contributed by atoms with Crippen LogP contribution in [0.1, 0.15) is 6.92 Å². The minimum Gasteiger partial charge on any atom is -0.494 e. The molecule has 0 aliphatic rings. The average molecular weight is 366 g/mol. The number of nitrogens with one attached hydrogen (secondary N) is 2. The van der Waals surface area contributed by atoms with Crippen LogP contribution in [0.2, 0.25) is 0 Å². The first kappa shape index (κ1) is 18.7. The van der Waals surface area contributed by atoms with E-state index in [1.54, 1.807) is 19.1 Å². The first-order chi connectivity index (χ1) is 11.8. The van der Waals surface area contributed by atoms with Gasteiger partial charge in [-0.25, -0.2) is 12.8 Å². The van der Waals surface area contributed by atoms with Crippen molar-refractivity contribution in [3.05, 3.63) is 48.3 Å². The van der Waals surface area contributed by atoms with E-state index >= 15 is 0 Å². The Bertz CT molecular complexity index is 851. The Morgan fingerprint density at radius 2 is 1.84 bits per heavy atom. The summed E-state index contributed by atoms with van der Waals surface area (Å²) >= 11 is 0. The van der Waals surface area contributed by atoms with Gasteiger partial charge in [-0.3, -0.25) is 4.79 Å². The summed E-state index contributed by atoms with van der Waals surface area (Å²) in [6.45, 7) is 2.07. The number of sulfone groups is 1. The lowest BCUT2D eigenvalue weighted by Gasteiger charge is -2.13. The largest absolute Gasteiger partial charge is 0.494 e. The molecule has 0 aliphatic heterocycles. The summed E-state index contributed by atoms with van der Waals surface area (Å²) < 4.78 is 42.0. The molecule has 0 aliphatic carbocycles. The third-order valence-corrected chi connectivity index (χ3v) is 4.37. The van der Waals surface area contributed by atoms with Gasteiger partial charge in [0.05, 0.1) is 23.7 Å². The summed E-state index contributed by atoms with van der Waals surface area (Å²) in [6, 6.07) is 9.93. The number of carbonyl (C=O) groups is 1. The maximum atomic E-state index is 12.8. The number of halogens is 1. The molecule has 0 atom stereocenters. The fourth-order valence-electron chi connectivity index (χ4n) is 2.13. The second-order valence-corrected chi connectivity index (χ2v) is 7.26. The molecule has 8 heteroatoms.